The summed E-state index contributed by atoms with van der Waals surface area (Å²) < 4.78 is 7.37. The van der Waals surface area contributed by atoms with Gasteiger partial charge in [-0.05, 0) is 47.7 Å². The van der Waals surface area contributed by atoms with E-state index < -0.39 is 5.97 Å². The number of fused-ring (bicyclic) bond motifs is 1. The Morgan fingerprint density at radius 3 is 2.71 bits per heavy atom. The molecule has 1 fully saturated rings. The average molecular weight is 370 g/mol. The molecule has 1 aromatic carbocycles. The zero-order valence-corrected chi connectivity index (χ0v) is 14.0. The number of hydrogen-bond acceptors (Lipinski definition) is 4. The second kappa shape index (κ2) is 5.93. The van der Waals surface area contributed by atoms with Crippen molar-refractivity contribution >= 4 is 43.5 Å². The van der Waals surface area contributed by atoms with Crippen LogP contribution in [-0.2, 0) is 4.79 Å². The van der Waals surface area contributed by atoms with E-state index in [1.165, 1.54) is 0 Å². The molecule has 1 aliphatic rings. The highest BCUT2D eigenvalue weighted by molar-refractivity contribution is 9.10. The molecule has 2 aromatic rings. The lowest BCUT2D eigenvalue weighted by atomic mass is 9.82. The molecule has 0 amide bonds. The summed E-state index contributed by atoms with van der Waals surface area (Å²) in [6.07, 6.45) is 3.33. The summed E-state index contributed by atoms with van der Waals surface area (Å²) in [7, 11) is 1.65. The number of ether oxygens (including phenoxy) is 1. The van der Waals surface area contributed by atoms with Crippen molar-refractivity contribution in [2.45, 2.75) is 31.6 Å². The van der Waals surface area contributed by atoms with Gasteiger partial charge in [-0.15, -0.1) is 11.3 Å². The summed E-state index contributed by atoms with van der Waals surface area (Å²) in [5, 5.41) is 10.2. The number of nitrogens with zero attached hydrogens (tertiary/aromatic N) is 1. The fourth-order valence-corrected chi connectivity index (χ4v) is 4.68. The van der Waals surface area contributed by atoms with E-state index >= 15 is 0 Å². The fourth-order valence-electron chi connectivity index (χ4n) is 2.87. The van der Waals surface area contributed by atoms with Crippen molar-refractivity contribution in [2.75, 3.05) is 7.11 Å². The van der Waals surface area contributed by atoms with Crippen LogP contribution in [0.3, 0.4) is 0 Å². The molecule has 0 unspecified atom stereocenters. The van der Waals surface area contributed by atoms with Gasteiger partial charge in [0.25, 0.3) is 0 Å². The summed E-state index contributed by atoms with van der Waals surface area (Å²) in [5.41, 5.74) is 0.954. The predicted molar refractivity (Wildman–Crippen MR) is 86.2 cm³/mol. The fraction of sp³-hybridized carbons (Fsp3) is 0.467. The highest BCUT2D eigenvalue weighted by atomic mass is 79.9. The molecule has 3 rings (SSSR count). The number of carbonyl (C=O) groups is 1. The van der Waals surface area contributed by atoms with Gasteiger partial charge in [-0.25, -0.2) is 4.98 Å². The molecule has 4 nitrogen and oxygen atoms in total. The van der Waals surface area contributed by atoms with Gasteiger partial charge in [0.1, 0.15) is 5.75 Å². The van der Waals surface area contributed by atoms with E-state index in [4.69, 9.17) is 14.8 Å². The highest BCUT2D eigenvalue weighted by Crippen LogP contribution is 2.40. The topological polar surface area (TPSA) is 59.4 Å². The van der Waals surface area contributed by atoms with Gasteiger partial charge in [-0.2, -0.15) is 0 Å². The summed E-state index contributed by atoms with van der Waals surface area (Å²) in [4.78, 5) is 15.7. The van der Waals surface area contributed by atoms with E-state index in [0.29, 0.717) is 5.92 Å². The Labute approximate surface area is 135 Å². The van der Waals surface area contributed by atoms with Crippen molar-refractivity contribution in [1.82, 2.24) is 4.98 Å². The number of benzene rings is 1. The Balaban J connectivity index is 1.83. The van der Waals surface area contributed by atoms with Crippen molar-refractivity contribution in [1.29, 1.82) is 0 Å². The van der Waals surface area contributed by atoms with E-state index in [1.54, 1.807) is 18.4 Å². The predicted octanol–water partition coefficient (Wildman–Crippen LogP) is 4.43. The van der Waals surface area contributed by atoms with Crippen molar-refractivity contribution in [3.8, 4) is 5.75 Å². The second-order valence-electron chi connectivity index (χ2n) is 5.39. The highest BCUT2D eigenvalue weighted by Gasteiger charge is 2.28. The molecule has 6 heteroatoms. The van der Waals surface area contributed by atoms with E-state index in [2.05, 4.69) is 15.9 Å². The van der Waals surface area contributed by atoms with Crippen LogP contribution in [-0.4, -0.2) is 23.2 Å². The number of rotatable bonds is 3. The second-order valence-corrected chi connectivity index (χ2v) is 7.31. The first kappa shape index (κ1) is 14.8. The Morgan fingerprint density at radius 2 is 2.10 bits per heavy atom. The van der Waals surface area contributed by atoms with E-state index in [-0.39, 0.29) is 5.92 Å². The maximum absolute atomic E-state index is 11.0. The van der Waals surface area contributed by atoms with Gasteiger partial charge in [0, 0.05) is 12.0 Å². The monoisotopic (exact) mass is 369 g/mol. The number of aliphatic carboxylic acids is 1. The molecule has 0 atom stereocenters. The lowest BCUT2D eigenvalue weighted by Gasteiger charge is -2.24. The van der Waals surface area contributed by atoms with Gasteiger partial charge in [0.15, 0.2) is 0 Å². The number of carboxylic acid groups (broad SMARTS) is 1. The van der Waals surface area contributed by atoms with Crippen LogP contribution in [0.5, 0.6) is 5.75 Å². The maximum Gasteiger partial charge on any atom is 0.306 e. The lowest BCUT2D eigenvalue weighted by molar-refractivity contribution is -0.142. The van der Waals surface area contributed by atoms with Crippen LogP contribution in [0, 0.1) is 5.92 Å². The molecule has 21 heavy (non-hydrogen) atoms. The third kappa shape index (κ3) is 2.92. The molecule has 0 bridgehead atoms. The Kier molecular flexibility index (Phi) is 4.17. The van der Waals surface area contributed by atoms with Gasteiger partial charge in [0.05, 0.1) is 32.7 Å². The zero-order chi connectivity index (χ0) is 15.0. The van der Waals surface area contributed by atoms with Gasteiger partial charge in [0.2, 0.25) is 0 Å². The molecule has 112 valence electrons. The van der Waals surface area contributed by atoms with Gasteiger partial charge in [-0.1, -0.05) is 0 Å². The number of carboxylic acids is 1. The molecule has 1 N–H and O–H groups in total. The quantitative estimate of drug-likeness (QED) is 0.869. The molecule has 1 aromatic heterocycles. The van der Waals surface area contributed by atoms with E-state index in [9.17, 15) is 4.79 Å². The minimum Gasteiger partial charge on any atom is -0.495 e. The maximum atomic E-state index is 11.0. The first-order valence-electron chi connectivity index (χ1n) is 6.95. The molecule has 0 aliphatic heterocycles. The summed E-state index contributed by atoms with van der Waals surface area (Å²) >= 11 is 5.20. The minimum absolute atomic E-state index is 0.176. The SMILES string of the molecule is COc1cc2nc(C3CCC(C(=O)O)CC3)sc2cc1Br. The molecule has 1 saturated carbocycles. The van der Waals surface area contributed by atoms with Crippen molar-refractivity contribution in [2.24, 2.45) is 5.92 Å². The first-order valence-corrected chi connectivity index (χ1v) is 8.56. The number of thiazole rings is 1. The average Bonchev–Trinajstić information content (AvgIpc) is 2.89. The number of methoxy groups -OCH3 is 1. The first-order chi connectivity index (χ1) is 10.1. The summed E-state index contributed by atoms with van der Waals surface area (Å²) in [6, 6.07) is 3.99. The van der Waals surface area contributed by atoms with Crippen LogP contribution < -0.4 is 4.74 Å². The zero-order valence-electron chi connectivity index (χ0n) is 11.6. The molecular formula is C15H16BrNO3S. The lowest BCUT2D eigenvalue weighted by Crippen LogP contribution is -2.20. The molecule has 1 aliphatic carbocycles. The van der Waals surface area contributed by atoms with Crippen LogP contribution in [0.25, 0.3) is 10.2 Å². The molecule has 0 saturated heterocycles. The molecule has 0 radical (unpaired) electrons. The van der Waals surface area contributed by atoms with Crippen LogP contribution in [0.2, 0.25) is 0 Å². The standard InChI is InChI=1S/C15H16BrNO3S/c1-20-12-7-11-13(6-10(12)16)21-14(17-11)8-2-4-9(5-3-8)15(18)19/h6-9H,2-5H2,1H3,(H,18,19). The molecule has 0 spiro atoms. The van der Waals surface area contributed by atoms with Gasteiger partial charge < -0.3 is 9.84 Å². The van der Waals surface area contributed by atoms with Crippen molar-refractivity contribution in [3.05, 3.63) is 21.6 Å². The Hall–Kier alpha value is -1.14. The van der Waals surface area contributed by atoms with E-state index in [1.807, 2.05) is 12.1 Å². The Bertz CT molecular complexity index is 677. The van der Waals surface area contributed by atoms with Gasteiger partial charge in [-0.3, -0.25) is 4.79 Å². The van der Waals surface area contributed by atoms with Crippen LogP contribution in [0.15, 0.2) is 16.6 Å². The van der Waals surface area contributed by atoms with Crippen LogP contribution >= 0.6 is 27.3 Å². The number of halogens is 1. The number of hydrogen-bond donors (Lipinski definition) is 1. The Morgan fingerprint density at radius 1 is 1.38 bits per heavy atom. The van der Waals surface area contributed by atoms with Crippen LogP contribution in [0.4, 0.5) is 0 Å². The molecule has 1 heterocycles. The summed E-state index contributed by atoms with van der Waals surface area (Å²) in [5.74, 6) is 0.341. The number of aromatic nitrogens is 1. The van der Waals surface area contributed by atoms with Crippen molar-refractivity contribution < 1.29 is 14.6 Å². The third-order valence-corrected chi connectivity index (χ3v) is 5.90. The normalized spacial score (nSPS) is 22.4. The third-order valence-electron chi connectivity index (χ3n) is 4.10. The van der Waals surface area contributed by atoms with Crippen LogP contribution in [0.1, 0.15) is 36.6 Å². The minimum atomic E-state index is -0.661. The van der Waals surface area contributed by atoms with Gasteiger partial charge >= 0.3 is 5.97 Å². The van der Waals surface area contributed by atoms with E-state index in [0.717, 1.165) is 51.1 Å². The summed E-state index contributed by atoms with van der Waals surface area (Å²) in [6.45, 7) is 0. The smallest absolute Gasteiger partial charge is 0.306 e. The molecular weight excluding hydrogens is 354 g/mol. The van der Waals surface area contributed by atoms with Crippen molar-refractivity contribution in [3.63, 3.8) is 0 Å². The largest absolute Gasteiger partial charge is 0.495 e.